The maximum atomic E-state index is 5.77. The van der Waals surface area contributed by atoms with Gasteiger partial charge in [-0.2, -0.15) is 0 Å². The maximum Gasteiger partial charge on any atom is 0.242 e. The smallest absolute Gasteiger partial charge is 0.242 e. The Morgan fingerprint density at radius 2 is 2.36 bits per heavy atom. The monoisotopic (exact) mass is 197 g/mol. The summed E-state index contributed by atoms with van der Waals surface area (Å²) in [5, 5.41) is 7.58. The number of nitrogens with two attached hydrogens (primary N) is 1. The maximum absolute atomic E-state index is 5.77. The fraction of sp³-hybridized carbons (Fsp3) is 0.778. The van der Waals surface area contributed by atoms with Gasteiger partial charge in [0.2, 0.25) is 11.8 Å². The zero-order valence-corrected chi connectivity index (χ0v) is 8.27. The highest BCUT2D eigenvalue weighted by molar-refractivity contribution is 4.80. The zero-order chi connectivity index (χ0) is 9.97. The van der Waals surface area contributed by atoms with Crippen molar-refractivity contribution in [3.05, 3.63) is 11.8 Å². The molecule has 2 N–H and O–H groups in total. The van der Waals surface area contributed by atoms with Gasteiger partial charge in [0.05, 0.1) is 6.10 Å². The summed E-state index contributed by atoms with van der Waals surface area (Å²) in [5.41, 5.74) is 5.77. The van der Waals surface area contributed by atoms with Crippen LogP contribution < -0.4 is 5.73 Å². The standard InChI is InChI=1S/C9H15N3O2/c1-6-11-12-9(14-6)5-13-8-3-2-7(10)4-8/h7-8H,2-5,10H2,1H3. The fourth-order valence-corrected chi connectivity index (χ4v) is 1.71. The van der Waals surface area contributed by atoms with Gasteiger partial charge in [-0.1, -0.05) is 0 Å². The van der Waals surface area contributed by atoms with E-state index in [1.165, 1.54) is 0 Å². The molecule has 1 saturated carbocycles. The molecule has 0 aromatic carbocycles. The van der Waals surface area contributed by atoms with E-state index in [9.17, 15) is 0 Å². The Morgan fingerprint density at radius 3 is 2.93 bits per heavy atom. The van der Waals surface area contributed by atoms with Crippen molar-refractivity contribution in [2.24, 2.45) is 5.73 Å². The highest BCUT2D eigenvalue weighted by Gasteiger charge is 2.22. The summed E-state index contributed by atoms with van der Waals surface area (Å²) in [5.74, 6) is 1.12. The van der Waals surface area contributed by atoms with Gasteiger partial charge < -0.3 is 14.9 Å². The first-order valence-corrected chi connectivity index (χ1v) is 4.90. The molecule has 2 rings (SSSR count). The molecule has 1 aliphatic carbocycles. The van der Waals surface area contributed by atoms with E-state index in [2.05, 4.69) is 10.2 Å². The predicted molar refractivity (Wildman–Crippen MR) is 49.4 cm³/mol. The van der Waals surface area contributed by atoms with Crippen LogP contribution in [0.25, 0.3) is 0 Å². The summed E-state index contributed by atoms with van der Waals surface area (Å²) in [4.78, 5) is 0. The van der Waals surface area contributed by atoms with E-state index in [0.29, 0.717) is 24.4 Å². The van der Waals surface area contributed by atoms with Crippen LogP contribution in [0.2, 0.25) is 0 Å². The van der Waals surface area contributed by atoms with Gasteiger partial charge >= 0.3 is 0 Å². The number of hydrogen-bond donors (Lipinski definition) is 1. The Kier molecular flexibility index (Phi) is 2.79. The van der Waals surface area contributed by atoms with Crippen molar-refractivity contribution < 1.29 is 9.15 Å². The van der Waals surface area contributed by atoms with Crippen molar-refractivity contribution >= 4 is 0 Å². The molecule has 0 saturated heterocycles. The molecule has 1 aromatic rings. The average Bonchev–Trinajstić information content (AvgIpc) is 2.72. The second kappa shape index (κ2) is 4.06. The van der Waals surface area contributed by atoms with Crippen molar-refractivity contribution in [2.45, 2.75) is 44.9 Å². The van der Waals surface area contributed by atoms with Crippen molar-refractivity contribution in [1.82, 2.24) is 10.2 Å². The lowest BCUT2D eigenvalue weighted by Crippen LogP contribution is -2.17. The molecule has 1 heterocycles. The van der Waals surface area contributed by atoms with Gasteiger partial charge in [-0.15, -0.1) is 10.2 Å². The minimum Gasteiger partial charge on any atom is -0.423 e. The van der Waals surface area contributed by atoms with Gasteiger partial charge in [0, 0.05) is 13.0 Å². The normalized spacial score (nSPS) is 27.0. The average molecular weight is 197 g/mol. The molecule has 0 radical (unpaired) electrons. The van der Waals surface area contributed by atoms with Gasteiger partial charge in [-0.3, -0.25) is 0 Å². The van der Waals surface area contributed by atoms with E-state index in [1.807, 2.05) is 0 Å². The molecule has 2 atom stereocenters. The van der Waals surface area contributed by atoms with Gasteiger partial charge in [0.1, 0.15) is 6.61 Å². The Labute approximate surface area is 82.6 Å². The summed E-state index contributed by atoms with van der Waals surface area (Å²) in [6, 6.07) is 0.296. The molecule has 1 aromatic heterocycles. The van der Waals surface area contributed by atoms with E-state index in [1.54, 1.807) is 6.92 Å². The first kappa shape index (κ1) is 9.61. The first-order chi connectivity index (χ1) is 6.74. The van der Waals surface area contributed by atoms with Crippen LogP contribution in [0.5, 0.6) is 0 Å². The molecule has 1 fully saturated rings. The SMILES string of the molecule is Cc1nnc(COC2CCC(N)C2)o1. The van der Waals surface area contributed by atoms with Crippen LogP contribution in [0.15, 0.2) is 4.42 Å². The molecular weight excluding hydrogens is 182 g/mol. The molecule has 0 aliphatic heterocycles. The third-order valence-corrected chi connectivity index (χ3v) is 2.44. The van der Waals surface area contributed by atoms with E-state index in [-0.39, 0.29) is 6.10 Å². The number of aryl methyl sites for hydroxylation is 1. The van der Waals surface area contributed by atoms with Crippen LogP contribution in [-0.2, 0) is 11.3 Å². The molecule has 5 nitrogen and oxygen atoms in total. The number of nitrogens with zero attached hydrogens (tertiary/aromatic N) is 2. The van der Waals surface area contributed by atoms with Gasteiger partial charge in [0.25, 0.3) is 0 Å². The summed E-state index contributed by atoms with van der Waals surface area (Å²) in [6.07, 6.45) is 3.28. The van der Waals surface area contributed by atoms with Crippen LogP contribution in [0, 0.1) is 6.92 Å². The Morgan fingerprint density at radius 1 is 1.50 bits per heavy atom. The molecule has 1 aliphatic rings. The second-order valence-electron chi connectivity index (χ2n) is 3.72. The molecule has 78 valence electrons. The fourth-order valence-electron chi connectivity index (χ4n) is 1.71. The third-order valence-electron chi connectivity index (χ3n) is 2.44. The van der Waals surface area contributed by atoms with Gasteiger partial charge in [-0.25, -0.2) is 0 Å². The molecular formula is C9H15N3O2. The van der Waals surface area contributed by atoms with Crippen LogP contribution in [0.4, 0.5) is 0 Å². The first-order valence-electron chi connectivity index (χ1n) is 4.90. The Balaban J connectivity index is 1.77. The van der Waals surface area contributed by atoms with E-state index >= 15 is 0 Å². The van der Waals surface area contributed by atoms with Crippen molar-refractivity contribution in [1.29, 1.82) is 0 Å². The molecule has 5 heteroatoms. The van der Waals surface area contributed by atoms with Crippen molar-refractivity contribution in [2.75, 3.05) is 0 Å². The lowest BCUT2D eigenvalue weighted by atomic mass is 10.3. The molecule has 2 unspecified atom stereocenters. The summed E-state index contributed by atoms with van der Waals surface area (Å²) in [7, 11) is 0. The highest BCUT2D eigenvalue weighted by Crippen LogP contribution is 2.21. The zero-order valence-electron chi connectivity index (χ0n) is 8.27. The number of hydrogen-bond acceptors (Lipinski definition) is 5. The largest absolute Gasteiger partial charge is 0.423 e. The molecule has 14 heavy (non-hydrogen) atoms. The van der Waals surface area contributed by atoms with E-state index < -0.39 is 0 Å². The second-order valence-corrected chi connectivity index (χ2v) is 3.72. The van der Waals surface area contributed by atoms with E-state index in [4.69, 9.17) is 14.9 Å². The Bertz CT molecular complexity index is 300. The minimum atomic E-state index is 0.261. The molecule has 0 bridgehead atoms. The summed E-state index contributed by atoms with van der Waals surface area (Å²) >= 11 is 0. The number of rotatable bonds is 3. The lowest BCUT2D eigenvalue weighted by Gasteiger charge is -2.08. The van der Waals surface area contributed by atoms with Crippen LogP contribution >= 0.6 is 0 Å². The van der Waals surface area contributed by atoms with Crippen molar-refractivity contribution in [3.8, 4) is 0 Å². The molecule has 0 spiro atoms. The van der Waals surface area contributed by atoms with Crippen molar-refractivity contribution in [3.63, 3.8) is 0 Å². The van der Waals surface area contributed by atoms with Crippen LogP contribution in [0.1, 0.15) is 31.0 Å². The Hall–Kier alpha value is -0.940. The molecule has 0 amide bonds. The van der Waals surface area contributed by atoms with Crippen LogP contribution in [0.3, 0.4) is 0 Å². The summed E-state index contributed by atoms with van der Waals surface area (Å²) in [6.45, 7) is 2.17. The highest BCUT2D eigenvalue weighted by atomic mass is 16.5. The van der Waals surface area contributed by atoms with Gasteiger partial charge in [0.15, 0.2) is 0 Å². The van der Waals surface area contributed by atoms with E-state index in [0.717, 1.165) is 19.3 Å². The van der Waals surface area contributed by atoms with Gasteiger partial charge in [-0.05, 0) is 19.3 Å². The number of ether oxygens (including phenoxy) is 1. The van der Waals surface area contributed by atoms with Crippen LogP contribution in [-0.4, -0.2) is 22.3 Å². The summed E-state index contributed by atoms with van der Waals surface area (Å²) < 4.78 is 10.8. The lowest BCUT2D eigenvalue weighted by molar-refractivity contribution is 0.0321. The third kappa shape index (κ3) is 2.30. The minimum absolute atomic E-state index is 0.261. The topological polar surface area (TPSA) is 74.2 Å². The predicted octanol–water partition coefficient (Wildman–Crippen LogP) is 0.774. The quantitative estimate of drug-likeness (QED) is 0.774. The number of aromatic nitrogens is 2.